The third-order valence-electron chi connectivity index (χ3n) is 4.12. The number of anilines is 1. The molecule has 0 aromatic heterocycles. The summed E-state index contributed by atoms with van der Waals surface area (Å²) in [6.45, 7) is 3.66. The van der Waals surface area contributed by atoms with Crippen molar-refractivity contribution in [2.75, 3.05) is 45.1 Å². The Labute approximate surface area is 120 Å². The SMILES string of the molecule is CN1CCN(S(=O)(=O)c2ccc3c(c2)NCCC3)CC1. The number of aryl methyl sites for hydroxylation is 1. The van der Waals surface area contributed by atoms with Crippen molar-refractivity contribution in [3.05, 3.63) is 23.8 Å². The van der Waals surface area contributed by atoms with E-state index >= 15 is 0 Å². The molecule has 20 heavy (non-hydrogen) atoms. The van der Waals surface area contributed by atoms with Gasteiger partial charge in [0.05, 0.1) is 4.90 Å². The number of fused-ring (bicyclic) bond motifs is 1. The van der Waals surface area contributed by atoms with Crippen LogP contribution in [0.5, 0.6) is 0 Å². The molecule has 6 heteroatoms. The predicted octanol–water partition coefficient (Wildman–Crippen LogP) is 0.981. The molecule has 110 valence electrons. The van der Waals surface area contributed by atoms with Gasteiger partial charge in [-0.2, -0.15) is 4.31 Å². The van der Waals surface area contributed by atoms with Crippen LogP contribution in [-0.2, 0) is 16.4 Å². The third-order valence-corrected chi connectivity index (χ3v) is 6.01. The number of hydrogen-bond acceptors (Lipinski definition) is 4. The Balaban J connectivity index is 1.87. The number of hydrogen-bond donors (Lipinski definition) is 1. The zero-order chi connectivity index (χ0) is 14.2. The van der Waals surface area contributed by atoms with Crippen LogP contribution in [0.25, 0.3) is 0 Å². The highest BCUT2D eigenvalue weighted by atomic mass is 32.2. The Morgan fingerprint density at radius 3 is 2.65 bits per heavy atom. The number of likely N-dealkylation sites (N-methyl/N-ethyl adjacent to an activating group) is 1. The highest BCUT2D eigenvalue weighted by Gasteiger charge is 2.28. The number of sulfonamides is 1. The van der Waals surface area contributed by atoms with Gasteiger partial charge in [-0.15, -0.1) is 0 Å². The van der Waals surface area contributed by atoms with Crippen LogP contribution in [0.3, 0.4) is 0 Å². The second-order valence-electron chi connectivity index (χ2n) is 5.56. The fourth-order valence-electron chi connectivity index (χ4n) is 2.78. The molecule has 2 aliphatic heterocycles. The van der Waals surface area contributed by atoms with E-state index in [1.54, 1.807) is 16.4 Å². The maximum Gasteiger partial charge on any atom is 0.243 e. The maximum atomic E-state index is 12.7. The third kappa shape index (κ3) is 2.55. The largest absolute Gasteiger partial charge is 0.385 e. The lowest BCUT2D eigenvalue weighted by atomic mass is 10.0. The maximum absolute atomic E-state index is 12.7. The van der Waals surface area contributed by atoms with Crippen molar-refractivity contribution in [3.8, 4) is 0 Å². The molecular weight excluding hydrogens is 274 g/mol. The van der Waals surface area contributed by atoms with Crippen molar-refractivity contribution < 1.29 is 8.42 Å². The minimum Gasteiger partial charge on any atom is -0.385 e. The van der Waals surface area contributed by atoms with Crippen molar-refractivity contribution in [1.82, 2.24) is 9.21 Å². The minimum atomic E-state index is -3.35. The van der Waals surface area contributed by atoms with E-state index in [1.165, 1.54) is 5.56 Å². The van der Waals surface area contributed by atoms with Crippen molar-refractivity contribution in [1.29, 1.82) is 0 Å². The molecule has 3 rings (SSSR count). The molecule has 1 N–H and O–H groups in total. The van der Waals surface area contributed by atoms with E-state index in [0.29, 0.717) is 18.0 Å². The van der Waals surface area contributed by atoms with E-state index < -0.39 is 10.0 Å². The van der Waals surface area contributed by atoms with Gasteiger partial charge in [0.15, 0.2) is 0 Å². The van der Waals surface area contributed by atoms with Gasteiger partial charge in [-0.25, -0.2) is 8.42 Å². The van der Waals surface area contributed by atoms with E-state index in [4.69, 9.17) is 0 Å². The van der Waals surface area contributed by atoms with Crippen molar-refractivity contribution in [3.63, 3.8) is 0 Å². The summed E-state index contributed by atoms with van der Waals surface area (Å²) in [5.41, 5.74) is 2.19. The van der Waals surface area contributed by atoms with Crippen LogP contribution < -0.4 is 5.32 Å². The topological polar surface area (TPSA) is 52.7 Å². The van der Waals surface area contributed by atoms with Gasteiger partial charge in [0, 0.05) is 38.4 Å². The van der Waals surface area contributed by atoms with Crippen molar-refractivity contribution in [2.24, 2.45) is 0 Å². The lowest BCUT2D eigenvalue weighted by Gasteiger charge is -2.31. The van der Waals surface area contributed by atoms with Gasteiger partial charge >= 0.3 is 0 Å². The quantitative estimate of drug-likeness (QED) is 0.884. The van der Waals surface area contributed by atoms with Crippen LogP contribution in [0.2, 0.25) is 0 Å². The molecule has 0 saturated carbocycles. The normalized spacial score (nSPS) is 21.2. The van der Waals surface area contributed by atoms with E-state index in [9.17, 15) is 8.42 Å². The van der Waals surface area contributed by atoms with Crippen molar-refractivity contribution in [2.45, 2.75) is 17.7 Å². The first-order valence-corrected chi connectivity index (χ1v) is 8.57. The molecule has 0 unspecified atom stereocenters. The van der Waals surface area contributed by atoms with Crippen LogP contribution in [0, 0.1) is 0 Å². The standard InChI is InChI=1S/C14H21N3O2S/c1-16-7-9-17(10-8-16)20(18,19)13-5-4-12-3-2-6-15-14(12)11-13/h4-5,11,15H,2-3,6-10H2,1H3. The molecule has 1 fully saturated rings. The summed E-state index contributed by atoms with van der Waals surface area (Å²) >= 11 is 0. The lowest BCUT2D eigenvalue weighted by Crippen LogP contribution is -2.47. The van der Waals surface area contributed by atoms with E-state index in [2.05, 4.69) is 10.2 Å². The van der Waals surface area contributed by atoms with Gasteiger partial charge in [0.2, 0.25) is 10.0 Å². The fourth-order valence-corrected chi connectivity index (χ4v) is 4.23. The second kappa shape index (κ2) is 5.35. The molecule has 2 aliphatic rings. The van der Waals surface area contributed by atoms with Gasteiger partial charge < -0.3 is 10.2 Å². The minimum absolute atomic E-state index is 0.412. The van der Waals surface area contributed by atoms with Crippen molar-refractivity contribution >= 4 is 15.7 Å². The molecule has 2 heterocycles. The molecule has 0 aliphatic carbocycles. The van der Waals surface area contributed by atoms with Gasteiger partial charge in [-0.1, -0.05) is 6.07 Å². The first-order valence-electron chi connectivity index (χ1n) is 7.13. The van der Waals surface area contributed by atoms with Crippen LogP contribution in [-0.4, -0.2) is 57.4 Å². The second-order valence-corrected chi connectivity index (χ2v) is 7.49. The Hall–Kier alpha value is -1.11. The Morgan fingerprint density at radius 2 is 1.90 bits per heavy atom. The first-order chi connectivity index (χ1) is 9.57. The lowest BCUT2D eigenvalue weighted by molar-refractivity contribution is 0.222. The van der Waals surface area contributed by atoms with Gasteiger partial charge in [0.25, 0.3) is 0 Å². The summed E-state index contributed by atoms with van der Waals surface area (Å²) in [5, 5.41) is 3.29. The summed E-state index contributed by atoms with van der Waals surface area (Å²) in [5.74, 6) is 0. The summed E-state index contributed by atoms with van der Waals surface area (Å²) < 4.78 is 26.9. The Morgan fingerprint density at radius 1 is 1.15 bits per heavy atom. The molecule has 0 spiro atoms. The summed E-state index contributed by atoms with van der Waals surface area (Å²) in [4.78, 5) is 2.57. The summed E-state index contributed by atoms with van der Waals surface area (Å²) in [6, 6.07) is 5.49. The summed E-state index contributed by atoms with van der Waals surface area (Å²) in [7, 11) is -1.33. The van der Waals surface area contributed by atoms with Crippen LogP contribution >= 0.6 is 0 Å². The molecule has 0 atom stereocenters. The average molecular weight is 295 g/mol. The molecule has 1 aromatic rings. The number of benzene rings is 1. The number of nitrogens with zero attached hydrogens (tertiary/aromatic N) is 2. The van der Waals surface area contributed by atoms with E-state index in [1.807, 2.05) is 13.1 Å². The number of nitrogens with one attached hydrogen (secondary N) is 1. The number of piperazine rings is 1. The summed E-state index contributed by atoms with van der Waals surface area (Å²) in [6.07, 6.45) is 2.13. The fraction of sp³-hybridized carbons (Fsp3) is 0.571. The first kappa shape index (κ1) is 13.9. The van der Waals surface area contributed by atoms with Crippen LogP contribution in [0.1, 0.15) is 12.0 Å². The molecule has 0 bridgehead atoms. The zero-order valence-corrected chi connectivity index (χ0v) is 12.6. The molecule has 1 aromatic carbocycles. The predicted molar refractivity (Wildman–Crippen MR) is 79.5 cm³/mol. The monoisotopic (exact) mass is 295 g/mol. The highest BCUT2D eigenvalue weighted by molar-refractivity contribution is 7.89. The zero-order valence-electron chi connectivity index (χ0n) is 11.8. The van der Waals surface area contributed by atoms with Crippen LogP contribution in [0.15, 0.2) is 23.1 Å². The highest BCUT2D eigenvalue weighted by Crippen LogP contribution is 2.27. The number of rotatable bonds is 2. The Bertz CT molecular complexity index is 592. The van der Waals surface area contributed by atoms with E-state index in [0.717, 1.165) is 38.2 Å². The molecular formula is C14H21N3O2S. The molecule has 5 nitrogen and oxygen atoms in total. The molecule has 0 amide bonds. The molecule has 1 saturated heterocycles. The Kier molecular flexibility index (Phi) is 3.70. The smallest absolute Gasteiger partial charge is 0.243 e. The van der Waals surface area contributed by atoms with Gasteiger partial charge in [0.1, 0.15) is 0 Å². The van der Waals surface area contributed by atoms with Gasteiger partial charge in [-0.05, 0) is 37.6 Å². The van der Waals surface area contributed by atoms with E-state index in [-0.39, 0.29) is 0 Å². The van der Waals surface area contributed by atoms with Gasteiger partial charge in [-0.3, -0.25) is 0 Å². The average Bonchev–Trinajstić information content (AvgIpc) is 2.47. The van der Waals surface area contributed by atoms with Crippen LogP contribution in [0.4, 0.5) is 5.69 Å². The molecule has 0 radical (unpaired) electrons.